The minimum absolute atomic E-state index is 0.278. The van der Waals surface area contributed by atoms with Crippen molar-refractivity contribution in [2.75, 3.05) is 18.5 Å². The van der Waals surface area contributed by atoms with Crippen LogP contribution in [-0.4, -0.2) is 24.7 Å². The van der Waals surface area contributed by atoms with E-state index in [1.165, 1.54) is 16.8 Å². The molecule has 0 bridgehead atoms. The quantitative estimate of drug-likeness (QED) is 0.872. The molecular formula is C14H19NO2. The monoisotopic (exact) mass is 233 g/mol. The first kappa shape index (κ1) is 12.0. The molecule has 2 rings (SSSR count). The normalized spacial score (nSPS) is 20.2. The standard InChI is InChI=1S/C14H19NO2/c1-9-4-5-13-12(6-9)11(8-15(13)3)7-10(2)14(16)17/h4-6,10-11H,7-8H2,1-3H3,(H,16,17). The van der Waals surface area contributed by atoms with Gasteiger partial charge < -0.3 is 10.0 Å². The maximum atomic E-state index is 10.9. The summed E-state index contributed by atoms with van der Waals surface area (Å²) in [5, 5.41) is 9.00. The summed E-state index contributed by atoms with van der Waals surface area (Å²) < 4.78 is 0. The molecule has 0 saturated carbocycles. The van der Waals surface area contributed by atoms with Crippen molar-refractivity contribution in [3.05, 3.63) is 29.3 Å². The average Bonchev–Trinajstić information content (AvgIpc) is 2.55. The van der Waals surface area contributed by atoms with Gasteiger partial charge in [-0.25, -0.2) is 0 Å². The van der Waals surface area contributed by atoms with Crippen LogP contribution in [0.1, 0.15) is 30.4 Å². The molecule has 0 aromatic heterocycles. The van der Waals surface area contributed by atoms with Crippen LogP contribution in [0.5, 0.6) is 0 Å². The molecule has 1 aliphatic rings. The molecule has 1 aromatic rings. The first-order valence-electron chi connectivity index (χ1n) is 6.03. The van der Waals surface area contributed by atoms with E-state index in [1.807, 2.05) is 0 Å². The predicted molar refractivity (Wildman–Crippen MR) is 68.6 cm³/mol. The van der Waals surface area contributed by atoms with Crippen molar-refractivity contribution in [1.29, 1.82) is 0 Å². The van der Waals surface area contributed by atoms with Crippen LogP contribution in [0, 0.1) is 12.8 Å². The molecule has 0 aliphatic carbocycles. The van der Waals surface area contributed by atoms with Gasteiger partial charge in [-0.1, -0.05) is 24.6 Å². The second-order valence-electron chi connectivity index (χ2n) is 5.11. The Morgan fingerprint density at radius 2 is 2.29 bits per heavy atom. The number of aliphatic carboxylic acids is 1. The lowest BCUT2D eigenvalue weighted by Gasteiger charge is -2.14. The number of nitrogens with zero attached hydrogens (tertiary/aromatic N) is 1. The lowest BCUT2D eigenvalue weighted by Crippen LogP contribution is -2.19. The Hall–Kier alpha value is -1.51. The highest BCUT2D eigenvalue weighted by Gasteiger charge is 2.29. The third kappa shape index (κ3) is 2.28. The van der Waals surface area contributed by atoms with E-state index in [1.54, 1.807) is 6.92 Å². The van der Waals surface area contributed by atoms with Gasteiger partial charge >= 0.3 is 5.97 Å². The molecular weight excluding hydrogens is 214 g/mol. The van der Waals surface area contributed by atoms with Crippen LogP contribution >= 0.6 is 0 Å². The van der Waals surface area contributed by atoms with Crippen LogP contribution in [0.3, 0.4) is 0 Å². The summed E-state index contributed by atoms with van der Waals surface area (Å²) in [7, 11) is 2.07. The number of hydrogen-bond donors (Lipinski definition) is 1. The number of fused-ring (bicyclic) bond motifs is 1. The zero-order chi connectivity index (χ0) is 12.6. The molecule has 1 aliphatic heterocycles. The van der Waals surface area contributed by atoms with E-state index in [4.69, 9.17) is 5.11 Å². The summed E-state index contributed by atoms with van der Waals surface area (Å²) in [6.07, 6.45) is 0.718. The van der Waals surface area contributed by atoms with Gasteiger partial charge in [0.15, 0.2) is 0 Å². The van der Waals surface area contributed by atoms with Crippen LogP contribution in [0.15, 0.2) is 18.2 Å². The summed E-state index contributed by atoms with van der Waals surface area (Å²) in [4.78, 5) is 13.2. The molecule has 1 N–H and O–H groups in total. The van der Waals surface area contributed by atoms with Crippen molar-refractivity contribution in [1.82, 2.24) is 0 Å². The van der Waals surface area contributed by atoms with Gasteiger partial charge in [-0.2, -0.15) is 0 Å². The fourth-order valence-corrected chi connectivity index (χ4v) is 2.60. The van der Waals surface area contributed by atoms with Gasteiger partial charge in [0, 0.05) is 25.2 Å². The molecule has 92 valence electrons. The molecule has 0 saturated heterocycles. The number of aryl methyl sites for hydroxylation is 1. The molecule has 2 unspecified atom stereocenters. The Morgan fingerprint density at radius 1 is 1.59 bits per heavy atom. The first-order valence-corrected chi connectivity index (χ1v) is 6.03. The Kier molecular flexibility index (Phi) is 3.09. The SMILES string of the molecule is Cc1ccc2c(c1)C(CC(C)C(=O)O)CN2C. The molecule has 2 atom stereocenters. The minimum atomic E-state index is -0.700. The molecule has 0 spiro atoms. The Balaban J connectivity index is 2.24. The zero-order valence-electron chi connectivity index (χ0n) is 10.6. The van der Waals surface area contributed by atoms with Crippen LogP contribution in [-0.2, 0) is 4.79 Å². The smallest absolute Gasteiger partial charge is 0.306 e. The van der Waals surface area contributed by atoms with E-state index in [-0.39, 0.29) is 5.92 Å². The van der Waals surface area contributed by atoms with E-state index >= 15 is 0 Å². The second kappa shape index (κ2) is 4.40. The highest BCUT2D eigenvalue weighted by molar-refractivity contribution is 5.70. The molecule has 3 nitrogen and oxygen atoms in total. The number of rotatable bonds is 3. The number of carboxylic acids is 1. The third-order valence-corrected chi connectivity index (χ3v) is 3.59. The Morgan fingerprint density at radius 3 is 2.94 bits per heavy atom. The third-order valence-electron chi connectivity index (χ3n) is 3.59. The molecule has 1 aromatic carbocycles. The molecule has 1 heterocycles. The molecule has 0 fully saturated rings. The fourth-order valence-electron chi connectivity index (χ4n) is 2.60. The van der Waals surface area contributed by atoms with Crippen LogP contribution < -0.4 is 4.90 Å². The lowest BCUT2D eigenvalue weighted by molar-refractivity contribution is -0.141. The Bertz CT molecular complexity index is 442. The van der Waals surface area contributed by atoms with Gasteiger partial charge in [0.05, 0.1) is 5.92 Å². The maximum absolute atomic E-state index is 10.9. The van der Waals surface area contributed by atoms with Crippen molar-refractivity contribution in [2.45, 2.75) is 26.2 Å². The van der Waals surface area contributed by atoms with Crippen molar-refractivity contribution < 1.29 is 9.90 Å². The van der Waals surface area contributed by atoms with Crippen molar-refractivity contribution >= 4 is 11.7 Å². The summed E-state index contributed by atoms with van der Waals surface area (Å²) in [5.74, 6) is -0.630. The lowest BCUT2D eigenvalue weighted by atomic mass is 9.90. The van der Waals surface area contributed by atoms with Gasteiger partial charge in [-0.05, 0) is 25.0 Å². The van der Waals surface area contributed by atoms with Crippen LogP contribution in [0.4, 0.5) is 5.69 Å². The summed E-state index contributed by atoms with van der Waals surface area (Å²) in [6, 6.07) is 6.44. The first-order chi connectivity index (χ1) is 7.99. The van der Waals surface area contributed by atoms with Crippen molar-refractivity contribution in [3.63, 3.8) is 0 Å². The summed E-state index contributed by atoms with van der Waals surface area (Å²) in [6.45, 7) is 4.79. The molecule has 0 amide bonds. The van der Waals surface area contributed by atoms with E-state index in [2.05, 4.69) is 37.1 Å². The number of hydrogen-bond acceptors (Lipinski definition) is 2. The predicted octanol–water partition coefficient (Wildman–Crippen LogP) is 2.64. The molecule has 3 heteroatoms. The number of likely N-dealkylation sites (N-methyl/N-ethyl adjacent to an activating group) is 1. The molecule has 0 radical (unpaired) electrons. The summed E-state index contributed by atoms with van der Waals surface area (Å²) in [5.41, 5.74) is 3.80. The topological polar surface area (TPSA) is 40.5 Å². The number of carboxylic acid groups (broad SMARTS) is 1. The highest BCUT2D eigenvalue weighted by Crippen LogP contribution is 2.39. The van der Waals surface area contributed by atoms with Gasteiger partial charge in [0.2, 0.25) is 0 Å². The largest absolute Gasteiger partial charge is 0.481 e. The Labute approximate surface area is 102 Å². The van der Waals surface area contributed by atoms with Crippen LogP contribution in [0.25, 0.3) is 0 Å². The van der Waals surface area contributed by atoms with E-state index in [0.29, 0.717) is 5.92 Å². The maximum Gasteiger partial charge on any atom is 0.306 e. The number of benzene rings is 1. The van der Waals surface area contributed by atoms with E-state index in [0.717, 1.165) is 13.0 Å². The van der Waals surface area contributed by atoms with Gasteiger partial charge in [0.1, 0.15) is 0 Å². The van der Waals surface area contributed by atoms with Gasteiger partial charge in [-0.3, -0.25) is 4.79 Å². The number of carbonyl (C=O) groups is 1. The number of anilines is 1. The average molecular weight is 233 g/mol. The summed E-state index contributed by atoms with van der Waals surface area (Å²) >= 11 is 0. The second-order valence-corrected chi connectivity index (χ2v) is 5.11. The van der Waals surface area contributed by atoms with E-state index in [9.17, 15) is 4.79 Å². The van der Waals surface area contributed by atoms with Crippen LogP contribution in [0.2, 0.25) is 0 Å². The van der Waals surface area contributed by atoms with Crippen molar-refractivity contribution in [2.24, 2.45) is 5.92 Å². The zero-order valence-corrected chi connectivity index (χ0v) is 10.6. The van der Waals surface area contributed by atoms with Crippen molar-refractivity contribution in [3.8, 4) is 0 Å². The van der Waals surface area contributed by atoms with Gasteiger partial charge in [-0.15, -0.1) is 0 Å². The fraction of sp³-hybridized carbons (Fsp3) is 0.500. The minimum Gasteiger partial charge on any atom is -0.481 e. The van der Waals surface area contributed by atoms with Gasteiger partial charge in [0.25, 0.3) is 0 Å². The highest BCUT2D eigenvalue weighted by atomic mass is 16.4. The molecule has 17 heavy (non-hydrogen) atoms. The van der Waals surface area contributed by atoms with E-state index < -0.39 is 5.97 Å².